The molecule has 2 heterocycles. The number of hydrogen-bond acceptors (Lipinski definition) is 3. The van der Waals surface area contributed by atoms with Crippen LogP contribution in [0.1, 0.15) is 53.8 Å². The molecule has 1 N–H and O–H groups in total. The van der Waals surface area contributed by atoms with Gasteiger partial charge in [0.05, 0.1) is 22.6 Å². The van der Waals surface area contributed by atoms with Gasteiger partial charge in [-0.05, 0) is 77.0 Å². The van der Waals surface area contributed by atoms with E-state index in [1.807, 2.05) is 13.8 Å². The second-order valence-electron chi connectivity index (χ2n) is 7.30. The lowest BCUT2D eigenvalue weighted by atomic mass is 10.2. The van der Waals surface area contributed by atoms with Gasteiger partial charge < -0.3 is 10.2 Å². The van der Waals surface area contributed by atoms with Crippen molar-refractivity contribution in [2.75, 3.05) is 26.2 Å². The number of carbonyl (C=O) groups is 1. The first-order valence-corrected chi connectivity index (χ1v) is 9.89. The van der Waals surface area contributed by atoms with Crippen LogP contribution in [0.15, 0.2) is 24.3 Å². The quantitative estimate of drug-likeness (QED) is 0.788. The maximum Gasteiger partial charge on any atom is 0.255 e. The Morgan fingerprint density at radius 1 is 1.11 bits per heavy atom. The van der Waals surface area contributed by atoms with Crippen LogP contribution in [-0.2, 0) is 0 Å². The molecule has 5 nitrogen and oxygen atoms in total. The van der Waals surface area contributed by atoms with Crippen molar-refractivity contribution in [3.8, 4) is 5.69 Å². The van der Waals surface area contributed by atoms with Gasteiger partial charge in [-0.25, -0.2) is 9.07 Å². The molecule has 0 radical (unpaired) electrons. The summed E-state index contributed by atoms with van der Waals surface area (Å²) in [5.74, 6) is -0.378. The van der Waals surface area contributed by atoms with E-state index in [4.69, 9.17) is 0 Å². The molecule has 0 spiro atoms. The van der Waals surface area contributed by atoms with Gasteiger partial charge in [0.25, 0.3) is 5.91 Å². The molecule has 0 saturated carbocycles. The number of likely N-dealkylation sites (tertiary alicyclic amines) is 1. The second-order valence-corrected chi connectivity index (χ2v) is 7.30. The van der Waals surface area contributed by atoms with Gasteiger partial charge in [0, 0.05) is 6.54 Å². The van der Waals surface area contributed by atoms with Gasteiger partial charge >= 0.3 is 0 Å². The fourth-order valence-electron chi connectivity index (χ4n) is 3.76. The molecule has 1 amide bonds. The molecular weight excluding hydrogens is 343 g/mol. The molecule has 6 heteroatoms. The van der Waals surface area contributed by atoms with Crippen molar-refractivity contribution in [2.24, 2.45) is 0 Å². The van der Waals surface area contributed by atoms with Crippen LogP contribution in [0.5, 0.6) is 0 Å². The molecule has 0 atom stereocenters. The monoisotopic (exact) mass is 372 g/mol. The van der Waals surface area contributed by atoms with E-state index in [1.54, 1.807) is 16.8 Å². The summed E-state index contributed by atoms with van der Waals surface area (Å²) in [4.78, 5) is 15.2. The Balaban J connectivity index is 1.57. The van der Waals surface area contributed by atoms with Crippen LogP contribution < -0.4 is 5.32 Å². The summed E-state index contributed by atoms with van der Waals surface area (Å²) < 4.78 is 14.8. The molecule has 1 aromatic heterocycles. The van der Waals surface area contributed by atoms with Gasteiger partial charge in [-0.2, -0.15) is 5.10 Å². The van der Waals surface area contributed by atoms with Crippen LogP contribution >= 0.6 is 0 Å². The van der Waals surface area contributed by atoms with Crippen molar-refractivity contribution in [2.45, 2.75) is 46.0 Å². The van der Waals surface area contributed by atoms with E-state index in [0.29, 0.717) is 17.8 Å². The van der Waals surface area contributed by atoms with E-state index < -0.39 is 0 Å². The van der Waals surface area contributed by atoms with Crippen LogP contribution in [0.2, 0.25) is 0 Å². The van der Waals surface area contributed by atoms with E-state index in [2.05, 4.69) is 15.3 Å². The lowest BCUT2D eigenvalue weighted by Crippen LogP contribution is -2.31. The summed E-state index contributed by atoms with van der Waals surface area (Å²) in [6.45, 7) is 7.75. The zero-order valence-electron chi connectivity index (χ0n) is 16.3. The van der Waals surface area contributed by atoms with Gasteiger partial charge in [-0.1, -0.05) is 12.8 Å². The van der Waals surface area contributed by atoms with Gasteiger partial charge in [-0.15, -0.1) is 0 Å². The maximum absolute atomic E-state index is 13.1. The molecule has 1 aliphatic rings. The number of benzene rings is 1. The maximum atomic E-state index is 13.1. The fourth-order valence-corrected chi connectivity index (χ4v) is 3.76. The van der Waals surface area contributed by atoms with Crippen LogP contribution in [0, 0.1) is 19.7 Å². The summed E-state index contributed by atoms with van der Waals surface area (Å²) in [5.41, 5.74) is 2.80. The van der Waals surface area contributed by atoms with Gasteiger partial charge in [-0.3, -0.25) is 4.79 Å². The molecule has 1 aromatic carbocycles. The van der Waals surface area contributed by atoms with Crippen LogP contribution in [0.4, 0.5) is 4.39 Å². The second kappa shape index (κ2) is 9.13. The predicted octanol–water partition coefficient (Wildman–Crippen LogP) is 3.62. The van der Waals surface area contributed by atoms with Crippen molar-refractivity contribution >= 4 is 5.91 Å². The highest BCUT2D eigenvalue weighted by molar-refractivity contribution is 5.96. The first-order valence-electron chi connectivity index (χ1n) is 9.89. The molecule has 0 unspecified atom stereocenters. The first-order chi connectivity index (χ1) is 13.1. The van der Waals surface area contributed by atoms with Crippen LogP contribution in [-0.4, -0.2) is 46.8 Å². The third kappa shape index (κ3) is 4.95. The number of nitrogens with one attached hydrogen (secondary N) is 1. The van der Waals surface area contributed by atoms with Crippen molar-refractivity contribution in [1.29, 1.82) is 0 Å². The van der Waals surface area contributed by atoms with Crippen molar-refractivity contribution in [3.63, 3.8) is 0 Å². The number of carbonyl (C=O) groups excluding carboxylic acids is 1. The highest BCUT2D eigenvalue weighted by Crippen LogP contribution is 2.18. The lowest BCUT2D eigenvalue weighted by Gasteiger charge is -2.19. The molecule has 27 heavy (non-hydrogen) atoms. The Morgan fingerprint density at radius 2 is 1.78 bits per heavy atom. The van der Waals surface area contributed by atoms with Crippen molar-refractivity contribution < 1.29 is 9.18 Å². The predicted molar refractivity (Wildman–Crippen MR) is 105 cm³/mol. The molecule has 2 aromatic rings. The average molecular weight is 372 g/mol. The third-order valence-electron chi connectivity index (χ3n) is 5.22. The largest absolute Gasteiger partial charge is 0.352 e. The van der Waals surface area contributed by atoms with Gasteiger partial charge in [0.1, 0.15) is 5.82 Å². The minimum atomic E-state index is -0.289. The Labute approximate surface area is 160 Å². The van der Waals surface area contributed by atoms with Gasteiger partial charge in [0.2, 0.25) is 0 Å². The Hall–Kier alpha value is -2.21. The van der Waals surface area contributed by atoms with Crippen LogP contribution in [0.3, 0.4) is 0 Å². The molecule has 1 aliphatic heterocycles. The highest BCUT2D eigenvalue weighted by Gasteiger charge is 2.19. The summed E-state index contributed by atoms with van der Waals surface area (Å²) in [6, 6.07) is 6.12. The Morgan fingerprint density at radius 3 is 2.44 bits per heavy atom. The van der Waals surface area contributed by atoms with E-state index in [9.17, 15) is 9.18 Å². The number of halogens is 1. The average Bonchev–Trinajstić information content (AvgIpc) is 2.82. The number of hydrogen-bond donors (Lipinski definition) is 1. The number of amides is 1. The summed E-state index contributed by atoms with van der Waals surface area (Å²) >= 11 is 0. The van der Waals surface area contributed by atoms with E-state index in [1.165, 1.54) is 50.9 Å². The first kappa shape index (κ1) is 19.5. The third-order valence-corrected chi connectivity index (χ3v) is 5.22. The number of nitrogens with zero attached hydrogens (tertiary/aromatic N) is 3. The summed E-state index contributed by atoms with van der Waals surface area (Å²) in [7, 11) is 0. The number of aryl methyl sites for hydroxylation is 1. The summed E-state index contributed by atoms with van der Waals surface area (Å²) in [6.07, 6.45) is 6.20. The molecule has 3 rings (SSSR count). The standard InChI is InChI=1S/C21H29FN4O/c1-16-20(17(2)26(24-16)19-10-8-18(22)9-11-19)21(27)23-12-7-15-25-13-5-3-4-6-14-25/h8-11H,3-7,12-15H2,1-2H3,(H,23,27). The molecule has 1 saturated heterocycles. The SMILES string of the molecule is Cc1nn(-c2ccc(F)cc2)c(C)c1C(=O)NCCCN1CCCCCC1. The normalized spacial score (nSPS) is 15.5. The van der Waals surface area contributed by atoms with E-state index in [0.717, 1.165) is 24.3 Å². The van der Waals surface area contributed by atoms with E-state index >= 15 is 0 Å². The van der Waals surface area contributed by atoms with Crippen LogP contribution in [0.25, 0.3) is 5.69 Å². The Kier molecular flexibility index (Phi) is 6.61. The molecular formula is C21H29FN4O. The summed E-state index contributed by atoms with van der Waals surface area (Å²) in [5, 5.41) is 7.50. The zero-order valence-corrected chi connectivity index (χ0v) is 16.3. The minimum Gasteiger partial charge on any atom is -0.352 e. The topological polar surface area (TPSA) is 50.2 Å². The van der Waals surface area contributed by atoms with Gasteiger partial charge in [0.15, 0.2) is 0 Å². The Bertz CT molecular complexity index is 761. The smallest absolute Gasteiger partial charge is 0.255 e. The number of aromatic nitrogens is 2. The minimum absolute atomic E-state index is 0.0887. The highest BCUT2D eigenvalue weighted by atomic mass is 19.1. The fraction of sp³-hybridized carbons (Fsp3) is 0.524. The van der Waals surface area contributed by atoms with Crippen molar-refractivity contribution in [3.05, 3.63) is 47.0 Å². The zero-order chi connectivity index (χ0) is 19.2. The molecule has 146 valence electrons. The molecule has 0 bridgehead atoms. The molecule has 0 aliphatic carbocycles. The lowest BCUT2D eigenvalue weighted by molar-refractivity contribution is 0.0950. The van der Waals surface area contributed by atoms with E-state index in [-0.39, 0.29) is 11.7 Å². The van der Waals surface area contributed by atoms with Crippen molar-refractivity contribution in [1.82, 2.24) is 20.0 Å². The number of rotatable bonds is 6. The molecule has 1 fully saturated rings.